The molecule has 0 nitrogen and oxygen atoms in total. The van der Waals surface area contributed by atoms with E-state index >= 15 is 0 Å². The van der Waals surface area contributed by atoms with Crippen molar-refractivity contribution in [3.8, 4) is 0 Å². The second-order valence-electron chi connectivity index (χ2n) is 3.68. The van der Waals surface area contributed by atoms with E-state index in [4.69, 9.17) is 0 Å². The summed E-state index contributed by atoms with van der Waals surface area (Å²) in [4.78, 5) is 0. The maximum atomic E-state index is 12.3. The van der Waals surface area contributed by atoms with Gasteiger partial charge in [-0.1, -0.05) is 22.9 Å². The first-order chi connectivity index (χ1) is 6.77. The van der Waals surface area contributed by atoms with Gasteiger partial charge in [0, 0.05) is 4.75 Å². The Balaban J connectivity index is 3.01. The van der Waals surface area contributed by atoms with Crippen LogP contribution in [-0.2, 0) is 10.9 Å². The lowest BCUT2D eigenvalue weighted by Crippen LogP contribution is -2.11. The molecule has 1 aromatic rings. The molecular weight excluding hydrogens is 241 g/mol. The van der Waals surface area contributed by atoms with Gasteiger partial charge < -0.3 is 0 Å². The molecule has 0 saturated heterocycles. The van der Waals surface area contributed by atoms with E-state index in [2.05, 4.69) is 11.7 Å². The van der Waals surface area contributed by atoms with Gasteiger partial charge >= 0.3 is 6.18 Å². The van der Waals surface area contributed by atoms with Gasteiger partial charge in [-0.15, -0.1) is 11.7 Å². The van der Waals surface area contributed by atoms with Gasteiger partial charge in [-0.2, -0.15) is 13.2 Å². The first kappa shape index (κ1) is 12.8. The van der Waals surface area contributed by atoms with Crippen LogP contribution in [-0.4, -0.2) is 0 Å². The maximum absolute atomic E-state index is 12.3. The van der Waals surface area contributed by atoms with Gasteiger partial charge in [0.2, 0.25) is 0 Å². The van der Waals surface area contributed by atoms with E-state index in [9.17, 15) is 13.2 Å². The molecule has 84 valence electrons. The number of alkyl halides is 3. The van der Waals surface area contributed by atoms with Crippen LogP contribution in [0.15, 0.2) is 24.3 Å². The maximum Gasteiger partial charge on any atom is 0.416 e. The number of halogens is 3. The molecule has 0 saturated carbocycles. The molecule has 0 radical (unpaired) electrons. The number of rotatable bonds is 2. The van der Waals surface area contributed by atoms with Crippen molar-refractivity contribution in [2.24, 2.45) is 0 Å². The smallest absolute Gasteiger partial charge is 0.166 e. The Morgan fingerprint density at radius 3 is 1.73 bits per heavy atom. The van der Waals surface area contributed by atoms with Crippen molar-refractivity contribution in [2.45, 2.75) is 24.8 Å². The zero-order chi connectivity index (χ0) is 11.7. The van der Waals surface area contributed by atoms with E-state index in [-0.39, 0.29) is 4.75 Å². The Hall–Kier alpha value is -0.290. The van der Waals surface area contributed by atoms with Gasteiger partial charge in [0.05, 0.1) is 5.56 Å². The normalized spacial score (nSPS) is 12.9. The molecule has 5 heteroatoms. The molecule has 0 unspecified atom stereocenters. The van der Waals surface area contributed by atoms with Crippen molar-refractivity contribution in [2.75, 3.05) is 0 Å². The van der Waals surface area contributed by atoms with Crippen LogP contribution in [0.25, 0.3) is 0 Å². The Kier molecular flexibility index (Phi) is 3.66. The molecule has 1 aromatic carbocycles. The van der Waals surface area contributed by atoms with Crippen LogP contribution in [0.4, 0.5) is 13.2 Å². The van der Waals surface area contributed by atoms with Crippen LogP contribution in [0.3, 0.4) is 0 Å². The van der Waals surface area contributed by atoms with Gasteiger partial charge in [-0.05, 0) is 31.5 Å². The fourth-order valence-corrected chi connectivity index (χ4v) is 1.67. The van der Waals surface area contributed by atoms with Crippen LogP contribution in [0.5, 0.6) is 0 Å². The highest BCUT2D eigenvalue weighted by Gasteiger charge is 2.30. The number of hydrogen-bond acceptors (Lipinski definition) is 2. The Morgan fingerprint density at radius 2 is 1.40 bits per heavy atom. The van der Waals surface area contributed by atoms with Crippen molar-refractivity contribution in [1.29, 1.82) is 0 Å². The summed E-state index contributed by atoms with van der Waals surface area (Å²) in [6.07, 6.45) is -4.27. The van der Waals surface area contributed by atoms with Crippen LogP contribution < -0.4 is 0 Å². The molecule has 0 N–H and O–H groups in total. The molecule has 0 aliphatic carbocycles. The fraction of sp³-hybridized carbons (Fsp3) is 0.400. The molecule has 0 bridgehead atoms. The quantitative estimate of drug-likeness (QED) is 0.596. The lowest BCUT2D eigenvalue weighted by Gasteiger charge is -2.21. The van der Waals surface area contributed by atoms with Crippen LogP contribution in [0.2, 0.25) is 0 Å². The minimum absolute atomic E-state index is 0.284. The lowest BCUT2D eigenvalue weighted by molar-refractivity contribution is -0.137. The topological polar surface area (TPSA) is 0 Å². The van der Waals surface area contributed by atoms with Gasteiger partial charge in [0.25, 0.3) is 0 Å². The first-order valence-electron chi connectivity index (χ1n) is 4.28. The van der Waals surface area contributed by atoms with E-state index in [1.165, 1.54) is 22.9 Å². The zero-order valence-corrected chi connectivity index (χ0v) is 10.0. The van der Waals surface area contributed by atoms with Crippen LogP contribution in [0, 0.1) is 0 Å². The minimum Gasteiger partial charge on any atom is -0.166 e. The third-order valence-electron chi connectivity index (χ3n) is 2.14. The number of benzene rings is 1. The first-order valence-corrected chi connectivity index (χ1v) is 6.14. The van der Waals surface area contributed by atoms with Gasteiger partial charge in [-0.3, -0.25) is 0 Å². The highest BCUT2D eigenvalue weighted by Crippen LogP contribution is 2.39. The van der Waals surface area contributed by atoms with E-state index in [0.717, 1.165) is 17.7 Å². The molecule has 0 fully saturated rings. The molecule has 0 spiro atoms. The third kappa shape index (κ3) is 3.08. The molecule has 0 amide bonds. The Morgan fingerprint density at radius 1 is 1.00 bits per heavy atom. The van der Waals surface area contributed by atoms with Crippen molar-refractivity contribution in [3.63, 3.8) is 0 Å². The summed E-state index contributed by atoms with van der Waals surface area (Å²) in [5.74, 6) is 0. The third-order valence-corrected chi connectivity index (χ3v) is 4.20. The lowest BCUT2D eigenvalue weighted by atomic mass is 10.0. The highest BCUT2D eigenvalue weighted by atomic mass is 33.1. The van der Waals surface area contributed by atoms with E-state index in [1.54, 1.807) is 0 Å². The summed E-state index contributed by atoms with van der Waals surface area (Å²) >= 11 is 4.09. The average Bonchev–Trinajstić information content (AvgIpc) is 2.17. The SMILES string of the molecule is CC(C)(SS)c1ccc(C(F)(F)F)cc1. The van der Waals surface area contributed by atoms with Crippen LogP contribution >= 0.6 is 22.5 Å². The second-order valence-corrected chi connectivity index (χ2v) is 5.43. The summed E-state index contributed by atoms with van der Waals surface area (Å²) in [5.41, 5.74) is 0.210. The molecule has 1 rings (SSSR count). The van der Waals surface area contributed by atoms with Crippen LogP contribution in [0.1, 0.15) is 25.0 Å². The predicted octanol–water partition coefficient (Wildman–Crippen LogP) is 4.52. The molecule has 0 aliphatic rings. The highest BCUT2D eigenvalue weighted by molar-refractivity contribution is 8.68. The Labute approximate surface area is 96.1 Å². The largest absolute Gasteiger partial charge is 0.416 e. The van der Waals surface area contributed by atoms with Crippen molar-refractivity contribution in [1.82, 2.24) is 0 Å². The summed E-state index contributed by atoms with van der Waals surface area (Å²) in [6.45, 7) is 3.82. The van der Waals surface area contributed by atoms with Gasteiger partial charge in [0.1, 0.15) is 0 Å². The monoisotopic (exact) mass is 252 g/mol. The zero-order valence-electron chi connectivity index (χ0n) is 8.30. The summed E-state index contributed by atoms with van der Waals surface area (Å²) in [6, 6.07) is 5.18. The molecule has 15 heavy (non-hydrogen) atoms. The molecule has 0 atom stereocenters. The predicted molar refractivity (Wildman–Crippen MR) is 61.0 cm³/mol. The van der Waals surface area contributed by atoms with Crippen molar-refractivity contribution in [3.05, 3.63) is 35.4 Å². The Bertz CT molecular complexity index is 328. The minimum atomic E-state index is -4.27. The van der Waals surface area contributed by atoms with Gasteiger partial charge in [0.15, 0.2) is 0 Å². The second kappa shape index (κ2) is 4.29. The molecular formula is C10H11F3S2. The van der Waals surface area contributed by atoms with E-state index in [1.807, 2.05) is 13.8 Å². The average molecular weight is 252 g/mol. The van der Waals surface area contributed by atoms with E-state index in [0.29, 0.717) is 0 Å². The molecule has 0 aliphatic heterocycles. The number of thiol groups is 1. The summed E-state index contributed by atoms with van der Waals surface area (Å²) in [5, 5.41) is 0. The summed E-state index contributed by atoms with van der Waals surface area (Å²) < 4.78 is 36.5. The van der Waals surface area contributed by atoms with Crippen molar-refractivity contribution < 1.29 is 13.2 Å². The number of hydrogen-bond donors (Lipinski definition) is 1. The fourth-order valence-electron chi connectivity index (χ4n) is 1.11. The summed E-state index contributed by atoms with van der Waals surface area (Å²) in [7, 11) is 1.31. The van der Waals surface area contributed by atoms with Crippen molar-refractivity contribution >= 4 is 22.5 Å². The standard InChI is InChI=1S/C10H11F3S2/c1-9(2,15-14)7-3-5-8(6-4-7)10(11,12)13/h3-6,14H,1-2H3. The molecule has 0 aromatic heterocycles. The molecule has 0 heterocycles. The van der Waals surface area contributed by atoms with Gasteiger partial charge in [-0.25, -0.2) is 0 Å². The van der Waals surface area contributed by atoms with E-state index < -0.39 is 11.7 Å².